The van der Waals surface area contributed by atoms with E-state index in [9.17, 15) is 23.2 Å². The second-order valence-electron chi connectivity index (χ2n) is 7.15. The molecule has 0 bridgehead atoms. The predicted octanol–water partition coefficient (Wildman–Crippen LogP) is 3.52. The Labute approximate surface area is 170 Å². The fourth-order valence-electron chi connectivity index (χ4n) is 3.57. The topological polar surface area (TPSA) is 78.5 Å². The lowest BCUT2D eigenvalue weighted by Gasteiger charge is -2.22. The molecule has 1 atom stereocenters. The van der Waals surface area contributed by atoms with Gasteiger partial charge in [0.1, 0.15) is 23.7 Å². The van der Waals surface area contributed by atoms with Crippen molar-refractivity contribution in [2.45, 2.75) is 12.5 Å². The van der Waals surface area contributed by atoms with E-state index in [0.29, 0.717) is 10.6 Å². The maximum atomic E-state index is 14.2. The fraction of sp³-hybridized carbons (Fsp3) is 0.136. The number of carbonyl (C=O) groups is 3. The number of amides is 4. The van der Waals surface area contributed by atoms with Crippen LogP contribution in [0.4, 0.5) is 19.3 Å². The van der Waals surface area contributed by atoms with Crippen LogP contribution in [0.2, 0.25) is 0 Å². The van der Waals surface area contributed by atoms with Crippen molar-refractivity contribution in [3.8, 4) is 0 Å². The molecule has 0 unspecified atom stereocenters. The minimum absolute atomic E-state index is 0.308. The van der Waals surface area contributed by atoms with Crippen LogP contribution < -0.4 is 10.6 Å². The van der Waals surface area contributed by atoms with Gasteiger partial charge in [0.2, 0.25) is 5.91 Å². The van der Waals surface area contributed by atoms with Gasteiger partial charge in [0.25, 0.3) is 5.91 Å². The quantitative estimate of drug-likeness (QED) is 0.647. The highest BCUT2D eigenvalue weighted by atomic mass is 19.1. The zero-order chi connectivity index (χ0) is 21.5. The molecule has 3 aromatic rings. The summed E-state index contributed by atoms with van der Waals surface area (Å²) in [5, 5.41) is 6.78. The highest BCUT2D eigenvalue weighted by Crippen LogP contribution is 2.31. The third kappa shape index (κ3) is 3.26. The third-order valence-corrected chi connectivity index (χ3v) is 5.11. The summed E-state index contributed by atoms with van der Waals surface area (Å²) >= 11 is 0. The Kier molecular flexibility index (Phi) is 4.69. The van der Waals surface area contributed by atoms with Crippen molar-refractivity contribution in [1.29, 1.82) is 0 Å². The van der Waals surface area contributed by atoms with E-state index in [1.165, 1.54) is 6.92 Å². The molecule has 1 saturated heterocycles. The average Bonchev–Trinajstić information content (AvgIpc) is 2.94. The lowest BCUT2D eigenvalue weighted by atomic mass is 9.91. The third-order valence-electron chi connectivity index (χ3n) is 5.11. The first-order valence-corrected chi connectivity index (χ1v) is 9.17. The van der Waals surface area contributed by atoms with Gasteiger partial charge < -0.3 is 10.6 Å². The second kappa shape index (κ2) is 7.22. The number of urea groups is 1. The Morgan fingerprint density at radius 3 is 2.60 bits per heavy atom. The number of rotatable bonds is 4. The number of nitrogens with one attached hydrogen (secondary N) is 2. The van der Waals surface area contributed by atoms with E-state index in [1.807, 2.05) is 30.3 Å². The van der Waals surface area contributed by atoms with Crippen molar-refractivity contribution in [3.05, 3.63) is 77.9 Å². The highest BCUT2D eigenvalue weighted by molar-refractivity contribution is 6.11. The van der Waals surface area contributed by atoms with Gasteiger partial charge in [-0.25, -0.2) is 13.6 Å². The van der Waals surface area contributed by atoms with Gasteiger partial charge in [-0.3, -0.25) is 14.5 Å². The fourth-order valence-corrected chi connectivity index (χ4v) is 3.57. The summed E-state index contributed by atoms with van der Waals surface area (Å²) in [6.45, 7) is 0.702. The molecule has 1 fully saturated rings. The molecule has 6 nitrogen and oxygen atoms in total. The van der Waals surface area contributed by atoms with E-state index < -0.39 is 41.6 Å². The van der Waals surface area contributed by atoms with Crippen LogP contribution in [0.15, 0.2) is 60.7 Å². The summed E-state index contributed by atoms with van der Waals surface area (Å²) in [6.07, 6.45) is 0. The van der Waals surface area contributed by atoms with Crippen LogP contribution in [-0.2, 0) is 15.1 Å². The molecule has 2 N–H and O–H groups in total. The van der Waals surface area contributed by atoms with Gasteiger partial charge >= 0.3 is 6.03 Å². The number of nitrogens with zero attached hydrogens (tertiary/aromatic N) is 1. The summed E-state index contributed by atoms with van der Waals surface area (Å²) in [4.78, 5) is 38.5. The van der Waals surface area contributed by atoms with E-state index in [1.54, 1.807) is 12.1 Å². The number of hydrogen-bond donors (Lipinski definition) is 2. The molecular formula is C22H17F2N3O3. The van der Waals surface area contributed by atoms with E-state index in [2.05, 4.69) is 10.6 Å². The molecule has 0 spiro atoms. The van der Waals surface area contributed by atoms with E-state index in [4.69, 9.17) is 0 Å². The van der Waals surface area contributed by atoms with Crippen molar-refractivity contribution in [2.75, 3.05) is 11.9 Å². The molecule has 4 amide bonds. The second-order valence-corrected chi connectivity index (χ2v) is 7.15. The molecule has 0 aromatic heterocycles. The van der Waals surface area contributed by atoms with Crippen molar-refractivity contribution < 1.29 is 23.2 Å². The minimum atomic E-state index is -1.82. The molecule has 1 aliphatic heterocycles. The number of fused-ring (bicyclic) bond motifs is 1. The Balaban J connectivity index is 1.56. The van der Waals surface area contributed by atoms with Gasteiger partial charge in [0.15, 0.2) is 0 Å². The number of carbonyl (C=O) groups excluding carboxylic acids is 3. The summed E-state index contributed by atoms with van der Waals surface area (Å²) in [6, 6.07) is 14.6. The SMILES string of the molecule is C[C@]1(c2cc(F)ccc2F)NC(=O)N(CC(=O)Nc2cccc3ccccc23)C1=O. The first kappa shape index (κ1) is 19.5. The number of halogens is 2. The monoisotopic (exact) mass is 409 g/mol. The lowest BCUT2D eigenvalue weighted by molar-refractivity contribution is -0.133. The average molecular weight is 409 g/mol. The molecule has 4 rings (SSSR count). The van der Waals surface area contributed by atoms with E-state index in [0.717, 1.165) is 29.0 Å². The van der Waals surface area contributed by atoms with Gasteiger partial charge in [-0.2, -0.15) is 0 Å². The Morgan fingerprint density at radius 2 is 1.80 bits per heavy atom. The maximum absolute atomic E-state index is 14.2. The smallest absolute Gasteiger partial charge is 0.324 e. The van der Waals surface area contributed by atoms with Crippen LogP contribution in [0.1, 0.15) is 12.5 Å². The molecule has 1 aliphatic rings. The van der Waals surface area contributed by atoms with Crippen LogP contribution in [0.3, 0.4) is 0 Å². The first-order valence-electron chi connectivity index (χ1n) is 9.17. The molecule has 0 aliphatic carbocycles. The summed E-state index contributed by atoms with van der Waals surface area (Å²) in [5.41, 5.74) is -1.59. The van der Waals surface area contributed by atoms with Crippen LogP contribution in [-0.4, -0.2) is 29.3 Å². The maximum Gasteiger partial charge on any atom is 0.325 e. The van der Waals surface area contributed by atoms with Gasteiger partial charge in [0.05, 0.1) is 0 Å². The van der Waals surface area contributed by atoms with Crippen LogP contribution >= 0.6 is 0 Å². The predicted molar refractivity (Wildman–Crippen MR) is 107 cm³/mol. The Hall–Kier alpha value is -3.81. The van der Waals surface area contributed by atoms with Gasteiger partial charge in [0, 0.05) is 16.6 Å². The zero-order valence-corrected chi connectivity index (χ0v) is 15.9. The number of anilines is 1. The van der Waals surface area contributed by atoms with Crippen LogP contribution in [0, 0.1) is 11.6 Å². The van der Waals surface area contributed by atoms with Crippen LogP contribution in [0.5, 0.6) is 0 Å². The molecule has 0 saturated carbocycles. The lowest BCUT2D eigenvalue weighted by Crippen LogP contribution is -2.42. The van der Waals surface area contributed by atoms with E-state index >= 15 is 0 Å². The zero-order valence-electron chi connectivity index (χ0n) is 15.9. The Bertz CT molecular complexity index is 1190. The molecule has 30 heavy (non-hydrogen) atoms. The van der Waals surface area contributed by atoms with Gasteiger partial charge in [-0.1, -0.05) is 36.4 Å². The van der Waals surface area contributed by atoms with Gasteiger partial charge in [-0.15, -0.1) is 0 Å². The molecule has 1 heterocycles. The molecule has 8 heteroatoms. The molecule has 152 valence electrons. The summed E-state index contributed by atoms with van der Waals surface area (Å²) < 4.78 is 27.8. The van der Waals surface area contributed by atoms with Crippen molar-refractivity contribution in [2.24, 2.45) is 0 Å². The number of hydrogen-bond acceptors (Lipinski definition) is 3. The molecule has 0 radical (unpaired) electrons. The van der Waals surface area contributed by atoms with Crippen molar-refractivity contribution >= 4 is 34.3 Å². The largest absolute Gasteiger partial charge is 0.325 e. The summed E-state index contributed by atoms with van der Waals surface area (Å²) in [7, 11) is 0. The highest BCUT2D eigenvalue weighted by Gasteiger charge is 2.50. The van der Waals surface area contributed by atoms with Crippen LogP contribution in [0.25, 0.3) is 10.8 Å². The van der Waals surface area contributed by atoms with E-state index in [-0.39, 0.29) is 5.56 Å². The normalized spacial score (nSPS) is 18.6. The standard InChI is InChI=1S/C22H17F2N3O3/c1-22(16-11-14(23)9-10-17(16)24)20(29)27(21(30)26-22)12-19(28)25-18-8-4-6-13-5-2-3-7-15(13)18/h2-11H,12H2,1H3,(H,25,28)(H,26,30)/t22-/m1/s1. The first-order chi connectivity index (χ1) is 14.3. The molecular weight excluding hydrogens is 392 g/mol. The minimum Gasteiger partial charge on any atom is -0.324 e. The van der Waals surface area contributed by atoms with Crippen molar-refractivity contribution in [1.82, 2.24) is 10.2 Å². The molecule has 3 aromatic carbocycles. The Morgan fingerprint density at radius 1 is 1.07 bits per heavy atom. The number of benzene rings is 3. The van der Waals surface area contributed by atoms with Crippen molar-refractivity contribution in [3.63, 3.8) is 0 Å². The number of imide groups is 1. The van der Waals surface area contributed by atoms with Gasteiger partial charge in [-0.05, 0) is 36.6 Å². The summed E-state index contributed by atoms with van der Waals surface area (Å²) in [5.74, 6) is -3.03.